The third-order valence-electron chi connectivity index (χ3n) is 12.3. The predicted octanol–water partition coefficient (Wildman–Crippen LogP) is 17.8. The molecule has 63 heavy (non-hydrogen) atoms. The lowest BCUT2D eigenvalue weighted by Gasteiger charge is -2.27. The van der Waals surface area contributed by atoms with Gasteiger partial charge in [-0.1, -0.05) is 194 Å². The SMILES string of the molecule is c1ccc(-c2cc(N(c3ccc(-c4ccccc4-c4ccccc4)cc3)c3ccc(-c4cccc5c4oc4ccccc45)cc3)c3sc4c(-c5ccccc5)cccc4c3c2)cc1. The van der Waals surface area contributed by atoms with Gasteiger partial charge in [-0.3, -0.25) is 0 Å². The summed E-state index contributed by atoms with van der Waals surface area (Å²) < 4.78 is 9.03. The monoisotopic (exact) mass is 821 g/mol. The molecule has 0 radical (unpaired) electrons. The number of benzene rings is 10. The normalized spacial score (nSPS) is 11.5. The molecule has 0 saturated carbocycles. The first-order valence-electron chi connectivity index (χ1n) is 21.4. The Morgan fingerprint density at radius 2 is 0.778 bits per heavy atom. The highest BCUT2D eigenvalue weighted by Gasteiger charge is 2.22. The average molecular weight is 822 g/mol. The van der Waals surface area contributed by atoms with E-state index in [1.54, 1.807) is 0 Å². The van der Waals surface area contributed by atoms with Crippen LogP contribution >= 0.6 is 11.3 Å². The van der Waals surface area contributed by atoms with E-state index >= 15 is 0 Å². The molecule has 0 aliphatic rings. The van der Waals surface area contributed by atoms with Crippen molar-refractivity contribution in [3.05, 3.63) is 237 Å². The van der Waals surface area contributed by atoms with E-state index in [0.29, 0.717) is 0 Å². The maximum atomic E-state index is 6.50. The molecular formula is C60H39NOS. The second-order valence-electron chi connectivity index (χ2n) is 16.0. The summed E-state index contributed by atoms with van der Waals surface area (Å²) in [6, 6.07) is 85.3. The first-order valence-corrected chi connectivity index (χ1v) is 22.2. The Kier molecular flexibility index (Phi) is 9.06. The first-order chi connectivity index (χ1) is 31.2. The van der Waals surface area contributed by atoms with Gasteiger partial charge in [0.2, 0.25) is 0 Å². The molecule has 0 amide bonds. The Balaban J connectivity index is 1.07. The van der Waals surface area contributed by atoms with Crippen molar-refractivity contribution >= 4 is 70.5 Å². The van der Waals surface area contributed by atoms with Gasteiger partial charge in [0, 0.05) is 43.2 Å². The largest absolute Gasteiger partial charge is 0.455 e. The number of fused-ring (bicyclic) bond motifs is 6. The number of hydrogen-bond donors (Lipinski definition) is 0. The lowest BCUT2D eigenvalue weighted by Crippen LogP contribution is -2.10. The third kappa shape index (κ3) is 6.50. The van der Waals surface area contributed by atoms with Gasteiger partial charge >= 0.3 is 0 Å². The Labute approximate surface area is 370 Å². The van der Waals surface area contributed by atoms with Crippen LogP contribution in [0.15, 0.2) is 241 Å². The van der Waals surface area contributed by atoms with E-state index in [1.807, 2.05) is 23.5 Å². The molecule has 2 aromatic heterocycles. The minimum absolute atomic E-state index is 0.902. The summed E-state index contributed by atoms with van der Waals surface area (Å²) in [4.78, 5) is 2.45. The fraction of sp³-hybridized carbons (Fsp3) is 0. The van der Waals surface area contributed by atoms with Crippen LogP contribution in [0.2, 0.25) is 0 Å². The van der Waals surface area contributed by atoms with Gasteiger partial charge in [-0.15, -0.1) is 11.3 Å². The minimum atomic E-state index is 0.902. The van der Waals surface area contributed by atoms with Gasteiger partial charge in [-0.25, -0.2) is 0 Å². The van der Waals surface area contributed by atoms with Crippen molar-refractivity contribution < 1.29 is 4.42 Å². The zero-order chi connectivity index (χ0) is 41.7. The average Bonchev–Trinajstić information content (AvgIpc) is 3.94. The van der Waals surface area contributed by atoms with Crippen molar-refractivity contribution in [3.63, 3.8) is 0 Å². The molecule has 2 nitrogen and oxygen atoms in total. The number of para-hydroxylation sites is 2. The zero-order valence-electron chi connectivity index (χ0n) is 34.3. The fourth-order valence-electron chi connectivity index (χ4n) is 9.28. The van der Waals surface area contributed by atoms with E-state index in [4.69, 9.17) is 4.42 Å². The first kappa shape index (κ1) is 36.8. The van der Waals surface area contributed by atoms with Crippen LogP contribution in [0.3, 0.4) is 0 Å². The van der Waals surface area contributed by atoms with E-state index in [0.717, 1.165) is 50.1 Å². The van der Waals surface area contributed by atoms with Crippen LogP contribution in [0, 0.1) is 0 Å². The van der Waals surface area contributed by atoms with Gasteiger partial charge in [-0.05, 0) is 92.5 Å². The summed E-state index contributed by atoms with van der Waals surface area (Å²) in [5.74, 6) is 0. The van der Waals surface area contributed by atoms with Gasteiger partial charge in [-0.2, -0.15) is 0 Å². The third-order valence-corrected chi connectivity index (χ3v) is 13.6. The van der Waals surface area contributed by atoms with E-state index in [2.05, 4.69) is 229 Å². The number of nitrogens with zero attached hydrogens (tertiary/aromatic N) is 1. The molecule has 12 aromatic rings. The van der Waals surface area contributed by atoms with Crippen LogP contribution in [-0.4, -0.2) is 0 Å². The molecule has 0 atom stereocenters. The Morgan fingerprint density at radius 1 is 0.302 bits per heavy atom. The molecule has 0 spiro atoms. The molecule has 0 saturated heterocycles. The molecular weight excluding hydrogens is 783 g/mol. The fourth-order valence-corrected chi connectivity index (χ4v) is 10.6. The van der Waals surface area contributed by atoms with E-state index < -0.39 is 0 Å². The number of rotatable bonds is 8. The van der Waals surface area contributed by atoms with Crippen LogP contribution in [0.25, 0.3) is 97.7 Å². The molecule has 0 unspecified atom stereocenters. The standard InChI is InChI=1S/C60H39NOS/c1-4-16-40(17-5-1)45-38-55-54-28-15-26-51(42-20-8-3-9-21-42)59(54)63-60(55)56(39-45)61(46-34-30-43(31-35-46)49-23-11-10-22-48(49)41-18-6-2-7-19-41)47-36-32-44(33-37-47)50-25-14-27-53-52-24-12-13-29-57(52)62-58(50)53/h1-39H. The summed E-state index contributed by atoms with van der Waals surface area (Å²) in [5, 5.41) is 4.77. The van der Waals surface area contributed by atoms with Gasteiger partial charge in [0.25, 0.3) is 0 Å². The minimum Gasteiger partial charge on any atom is -0.455 e. The quantitative estimate of drug-likeness (QED) is 0.152. The number of furan rings is 1. The summed E-state index contributed by atoms with van der Waals surface area (Å²) in [7, 11) is 0. The molecule has 10 aromatic carbocycles. The number of hydrogen-bond acceptors (Lipinski definition) is 3. The zero-order valence-corrected chi connectivity index (χ0v) is 35.1. The predicted molar refractivity (Wildman–Crippen MR) is 268 cm³/mol. The molecule has 0 aliphatic heterocycles. The molecule has 0 N–H and O–H groups in total. The Morgan fingerprint density at radius 3 is 1.43 bits per heavy atom. The van der Waals surface area contributed by atoms with Crippen LogP contribution < -0.4 is 4.90 Å². The highest BCUT2D eigenvalue weighted by Crippen LogP contribution is 2.49. The van der Waals surface area contributed by atoms with Gasteiger partial charge in [0.1, 0.15) is 11.2 Å². The summed E-state index contributed by atoms with van der Waals surface area (Å²) in [6.07, 6.45) is 0. The van der Waals surface area contributed by atoms with Crippen molar-refractivity contribution in [1.82, 2.24) is 0 Å². The highest BCUT2D eigenvalue weighted by atomic mass is 32.1. The summed E-state index contributed by atoms with van der Waals surface area (Å²) >= 11 is 1.88. The molecule has 12 rings (SSSR count). The summed E-state index contributed by atoms with van der Waals surface area (Å²) in [6.45, 7) is 0. The van der Waals surface area contributed by atoms with Crippen molar-refractivity contribution in [2.24, 2.45) is 0 Å². The second-order valence-corrected chi connectivity index (χ2v) is 17.0. The van der Waals surface area contributed by atoms with E-state index in [1.165, 1.54) is 64.7 Å². The Hall–Kier alpha value is -7.98. The lowest BCUT2D eigenvalue weighted by atomic mass is 9.94. The maximum absolute atomic E-state index is 6.50. The smallest absolute Gasteiger partial charge is 0.143 e. The van der Waals surface area contributed by atoms with Crippen molar-refractivity contribution in [1.29, 1.82) is 0 Å². The van der Waals surface area contributed by atoms with Gasteiger partial charge in [0.15, 0.2) is 0 Å². The lowest BCUT2D eigenvalue weighted by molar-refractivity contribution is 0.670. The molecule has 0 bridgehead atoms. The molecule has 3 heteroatoms. The second kappa shape index (κ2) is 15.5. The Bertz CT molecular complexity index is 3590. The van der Waals surface area contributed by atoms with Crippen LogP contribution in [0.5, 0.6) is 0 Å². The summed E-state index contributed by atoms with van der Waals surface area (Å²) in [5.41, 5.74) is 16.9. The molecule has 2 heterocycles. The molecule has 0 aliphatic carbocycles. The molecule has 0 fully saturated rings. The maximum Gasteiger partial charge on any atom is 0.143 e. The van der Waals surface area contributed by atoms with E-state index in [-0.39, 0.29) is 0 Å². The highest BCUT2D eigenvalue weighted by molar-refractivity contribution is 7.27. The number of anilines is 3. The van der Waals surface area contributed by atoms with E-state index in [9.17, 15) is 0 Å². The van der Waals surface area contributed by atoms with Crippen molar-refractivity contribution in [2.75, 3.05) is 4.90 Å². The topological polar surface area (TPSA) is 16.4 Å². The van der Waals surface area contributed by atoms with Gasteiger partial charge in [0.05, 0.1) is 10.4 Å². The van der Waals surface area contributed by atoms with Crippen molar-refractivity contribution in [2.45, 2.75) is 0 Å². The van der Waals surface area contributed by atoms with Crippen molar-refractivity contribution in [3.8, 4) is 55.6 Å². The van der Waals surface area contributed by atoms with Crippen LogP contribution in [0.1, 0.15) is 0 Å². The molecule has 296 valence electrons. The van der Waals surface area contributed by atoms with Crippen LogP contribution in [0.4, 0.5) is 17.1 Å². The number of thiophene rings is 1. The van der Waals surface area contributed by atoms with Gasteiger partial charge < -0.3 is 9.32 Å². The van der Waals surface area contributed by atoms with Crippen LogP contribution in [-0.2, 0) is 0 Å².